The van der Waals surface area contributed by atoms with Crippen LogP contribution in [0.1, 0.15) is 41.1 Å². The molecule has 0 saturated carbocycles. The number of hydrogen-bond acceptors (Lipinski definition) is 8. The van der Waals surface area contributed by atoms with Gasteiger partial charge in [0.2, 0.25) is 10.0 Å². The maximum atomic E-state index is 12.7. The highest BCUT2D eigenvalue weighted by Crippen LogP contribution is 2.40. The molecule has 8 nitrogen and oxygen atoms in total. The van der Waals surface area contributed by atoms with Crippen molar-refractivity contribution in [3.8, 4) is 11.1 Å². The normalized spacial score (nSPS) is 18.5. The third kappa shape index (κ3) is 8.04. The average Bonchev–Trinajstić information content (AvgIpc) is 3.11. The standard InChI is InChI=1S/C35H33N3O5S2/c39-23-25-13-15-27(16-14-25)33-21-31(24-44-35-36-17-6-18-37-35)42-34(43-33)30-10-5-9-29(20-30)28-8-4-7-26(19-28)22-38-45(40,41)32-11-2-1-3-12-32/h1-20,31,33-34,38-39H,21-24H2/t31-,33+,34+/m0/s1. The highest BCUT2D eigenvalue weighted by molar-refractivity contribution is 7.99. The predicted molar refractivity (Wildman–Crippen MR) is 174 cm³/mol. The highest BCUT2D eigenvalue weighted by atomic mass is 32.2. The molecule has 2 N–H and O–H groups in total. The monoisotopic (exact) mass is 639 g/mol. The third-order valence-electron chi connectivity index (χ3n) is 7.49. The topological polar surface area (TPSA) is 111 Å². The second-order valence-corrected chi connectivity index (χ2v) is 13.4. The van der Waals surface area contributed by atoms with E-state index in [4.69, 9.17) is 9.47 Å². The molecule has 5 aromatic rings. The smallest absolute Gasteiger partial charge is 0.240 e. The number of aliphatic hydroxyl groups excluding tert-OH is 1. The number of hydrogen-bond donors (Lipinski definition) is 2. The van der Waals surface area contributed by atoms with Crippen molar-refractivity contribution in [2.75, 3.05) is 5.75 Å². The number of rotatable bonds is 11. The van der Waals surface area contributed by atoms with Crippen LogP contribution in [0.2, 0.25) is 0 Å². The van der Waals surface area contributed by atoms with Gasteiger partial charge in [-0.1, -0.05) is 90.6 Å². The summed E-state index contributed by atoms with van der Waals surface area (Å²) in [7, 11) is -3.62. The Morgan fingerprint density at radius 2 is 1.51 bits per heavy atom. The third-order valence-corrected chi connectivity index (χ3v) is 9.92. The molecule has 4 aromatic carbocycles. The Morgan fingerprint density at radius 1 is 0.778 bits per heavy atom. The number of thioether (sulfide) groups is 1. The molecule has 0 amide bonds. The number of nitrogens with zero attached hydrogens (tertiary/aromatic N) is 2. The van der Waals surface area contributed by atoms with Gasteiger partial charge in [0, 0.05) is 36.7 Å². The van der Waals surface area contributed by atoms with Gasteiger partial charge in [-0.15, -0.1) is 0 Å². The van der Waals surface area contributed by atoms with Gasteiger partial charge in [0.05, 0.1) is 23.7 Å². The average molecular weight is 640 g/mol. The van der Waals surface area contributed by atoms with Crippen LogP contribution >= 0.6 is 11.8 Å². The van der Waals surface area contributed by atoms with Gasteiger partial charge in [-0.25, -0.2) is 23.1 Å². The second kappa shape index (κ2) is 14.5. The zero-order chi connectivity index (χ0) is 31.1. The quantitative estimate of drug-likeness (QED) is 0.125. The number of aliphatic hydroxyl groups is 1. The Kier molecular flexibility index (Phi) is 10.00. The summed E-state index contributed by atoms with van der Waals surface area (Å²) in [5, 5.41) is 10.2. The first-order valence-electron chi connectivity index (χ1n) is 14.6. The van der Waals surface area contributed by atoms with Crippen LogP contribution in [0, 0.1) is 0 Å². The lowest BCUT2D eigenvalue weighted by Crippen LogP contribution is -2.31. The fourth-order valence-corrected chi connectivity index (χ4v) is 7.00. The van der Waals surface area contributed by atoms with Crippen molar-refractivity contribution in [3.63, 3.8) is 0 Å². The van der Waals surface area contributed by atoms with E-state index < -0.39 is 16.3 Å². The summed E-state index contributed by atoms with van der Waals surface area (Å²) in [5.41, 5.74) is 5.50. The number of nitrogens with one attached hydrogen (secondary N) is 1. The van der Waals surface area contributed by atoms with E-state index in [1.165, 1.54) is 0 Å². The van der Waals surface area contributed by atoms with E-state index in [9.17, 15) is 13.5 Å². The van der Waals surface area contributed by atoms with Crippen LogP contribution < -0.4 is 4.72 Å². The molecule has 0 spiro atoms. The zero-order valence-electron chi connectivity index (χ0n) is 24.4. The Labute approximate surface area is 267 Å². The molecule has 230 valence electrons. The van der Waals surface area contributed by atoms with E-state index in [-0.39, 0.29) is 30.3 Å². The van der Waals surface area contributed by atoms with E-state index in [0.717, 1.165) is 33.4 Å². The molecule has 3 atom stereocenters. The van der Waals surface area contributed by atoms with E-state index in [2.05, 4.69) is 20.8 Å². The maximum Gasteiger partial charge on any atom is 0.240 e. The molecule has 0 bridgehead atoms. The minimum absolute atomic E-state index is 0.0131. The van der Waals surface area contributed by atoms with Gasteiger partial charge in [-0.2, -0.15) is 0 Å². The first-order valence-corrected chi connectivity index (χ1v) is 17.1. The van der Waals surface area contributed by atoms with Gasteiger partial charge in [-0.3, -0.25) is 0 Å². The van der Waals surface area contributed by atoms with Crippen molar-refractivity contribution < 1.29 is 23.0 Å². The molecule has 45 heavy (non-hydrogen) atoms. The van der Waals surface area contributed by atoms with Crippen LogP contribution in [-0.4, -0.2) is 35.3 Å². The summed E-state index contributed by atoms with van der Waals surface area (Å²) < 4.78 is 41.2. The van der Waals surface area contributed by atoms with Crippen LogP contribution in [0.5, 0.6) is 0 Å². The number of aromatic nitrogens is 2. The molecule has 2 heterocycles. The van der Waals surface area contributed by atoms with E-state index >= 15 is 0 Å². The van der Waals surface area contributed by atoms with Gasteiger partial charge in [0.15, 0.2) is 11.4 Å². The molecular weight excluding hydrogens is 607 g/mol. The number of sulfonamides is 1. The first-order chi connectivity index (χ1) is 22.0. The van der Waals surface area contributed by atoms with Gasteiger partial charge >= 0.3 is 0 Å². The number of ether oxygens (including phenoxy) is 2. The minimum atomic E-state index is -3.62. The van der Waals surface area contributed by atoms with E-state index in [1.54, 1.807) is 60.6 Å². The Bertz CT molecular complexity index is 1810. The molecule has 0 unspecified atom stereocenters. The molecule has 1 aliphatic rings. The number of benzene rings is 4. The van der Waals surface area contributed by atoms with Crippen molar-refractivity contribution in [1.29, 1.82) is 0 Å². The summed E-state index contributed by atoms with van der Waals surface area (Å²) >= 11 is 1.55. The molecular formula is C35H33N3O5S2. The summed E-state index contributed by atoms with van der Waals surface area (Å²) in [6, 6.07) is 33.8. The predicted octanol–water partition coefficient (Wildman–Crippen LogP) is 6.45. The Hall–Kier alpha value is -3.90. The van der Waals surface area contributed by atoms with Crippen molar-refractivity contribution in [3.05, 3.63) is 144 Å². The van der Waals surface area contributed by atoms with Crippen molar-refractivity contribution in [1.82, 2.24) is 14.7 Å². The molecule has 1 saturated heterocycles. The van der Waals surface area contributed by atoms with Crippen LogP contribution in [-0.2, 0) is 32.6 Å². The lowest BCUT2D eigenvalue weighted by Gasteiger charge is -2.36. The van der Waals surface area contributed by atoms with Crippen LogP contribution in [0.4, 0.5) is 0 Å². The lowest BCUT2D eigenvalue weighted by atomic mass is 9.99. The van der Waals surface area contributed by atoms with Gasteiger partial charge in [-0.05, 0) is 58.1 Å². The van der Waals surface area contributed by atoms with Crippen molar-refractivity contribution in [2.45, 2.75) is 48.1 Å². The Morgan fingerprint density at radius 3 is 2.27 bits per heavy atom. The fourth-order valence-electron chi connectivity index (χ4n) is 5.14. The van der Waals surface area contributed by atoms with Gasteiger partial charge < -0.3 is 14.6 Å². The van der Waals surface area contributed by atoms with E-state index in [1.807, 2.05) is 66.7 Å². The van der Waals surface area contributed by atoms with Crippen molar-refractivity contribution in [2.24, 2.45) is 0 Å². The molecule has 1 aromatic heterocycles. The maximum absolute atomic E-state index is 12.7. The van der Waals surface area contributed by atoms with Crippen LogP contribution in [0.25, 0.3) is 11.1 Å². The molecule has 1 fully saturated rings. The van der Waals surface area contributed by atoms with E-state index in [0.29, 0.717) is 17.3 Å². The highest BCUT2D eigenvalue weighted by Gasteiger charge is 2.32. The van der Waals surface area contributed by atoms with Crippen molar-refractivity contribution >= 4 is 21.8 Å². The van der Waals surface area contributed by atoms with Crippen LogP contribution in [0.3, 0.4) is 0 Å². The lowest BCUT2D eigenvalue weighted by molar-refractivity contribution is -0.245. The largest absolute Gasteiger partial charge is 0.392 e. The first kappa shape index (κ1) is 31.1. The molecule has 1 aliphatic heterocycles. The fraction of sp³-hybridized carbons (Fsp3) is 0.200. The summed E-state index contributed by atoms with van der Waals surface area (Å²) in [4.78, 5) is 8.90. The summed E-state index contributed by atoms with van der Waals surface area (Å²) in [5.74, 6) is 0.662. The van der Waals surface area contributed by atoms with Crippen LogP contribution in [0.15, 0.2) is 132 Å². The van der Waals surface area contributed by atoms with Gasteiger partial charge in [0.1, 0.15) is 0 Å². The second-order valence-electron chi connectivity index (χ2n) is 10.7. The summed E-state index contributed by atoms with van der Waals surface area (Å²) in [6.07, 6.45) is 3.19. The SMILES string of the molecule is O=S(=O)(NCc1cccc(-c2cccc([C@@H]3O[C@H](CSc4ncccn4)C[C@H](c4ccc(CO)cc4)O3)c2)c1)c1ccccc1. The molecule has 0 radical (unpaired) electrons. The molecule has 0 aliphatic carbocycles. The molecule has 6 rings (SSSR count). The zero-order valence-corrected chi connectivity index (χ0v) is 26.0. The molecule has 10 heteroatoms. The minimum Gasteiger partial charge on any atom is -0.392 e. The Balaban J connectivity index is 1.21. The summed E-state index contributed by atoms with van der Waals surface area (Å²) in [6.45, 7) is 0.154. The van der Waals surface area contributed by atoms with Gasteiger partial charge in [0.25, 0.3) is 0 Å².